The third kappa shape index (κ3) is 4.40. The smallest absolute Gasteiger partial charge is 0.223 e. The SMILES string of the molecule is Cc1ccc(CCC(=O)N2C[C@H](Cn3ncc4cc(-c5cn[nH]c5)ccc43)C[C@H]2C)c(F)c1. The molecule has 1 aliphatic heterocycles. The predicted octanol–water partition coefficient (Wildman–Crippen LogP) is 4.74. The van der Waals surface area contributed by atoms with E-state index >= 15 is 0 Å². The van der Waals surface area contributed by atoms with E-state index in [-0.39, 0.29) is 17.8 Å². The Kier molecular flexibility index (Phi) is 5.70. The summed E-state index contributed by atoms with van der Waals surface area (Å²) < 4.78 is 16.2. The Balaban J connectivity index is 1.22. The van der Waals surface area contributed by atoms with Gasteiger partial charge < -0.3 is 4.90 Å². The molecule has 0 aliphatic carbocycles. The number of aromatic nitrogens is 4. The van der Waals surface area contributed by atoms with Crippen molar-refractivity contribution in [1.29, 1.82) is 0 Å². The number of hydrogen-bond acceptors (Lipinski definition) is 3. The molecular formula is C26H28FN5O. The van der Waals surface area contributed by atoms with Crippen LogP contribution in [-0.4, -0.2) is 43.4 Å². The second-order valence-electron chi connectivity index (χ2n) is 9.18. The third-order valence-corrected chi connectivity index (χ3v) is 6.70. The Morgan fingerprint density at radius 3 is 2.85 bits per heavy atom. The van der Waals surface area contributed by atoms with Crippen LogP contribution >= 0.6 is 0 Å². The fourth-order valence-electron chi connectivity index (χ4n) is 4.93. The molecule has 2 atom stereocenters. The Morgan fingerprint density at radius 2 is 2.06 bits per heavy atom. The lowest BCUT2D eigenvalue weighted by Gasteiger charge is -2.21. The first-order chi connectivity index (χ1) is 16.0. The summed E-state index contributed by atoms with van der Waals surface area (Å²) in [6, 6.07) is 11.7. The number of hydrogen-bond donors (Lipinski definition) is 1. The van der Waals surface area contributed by atoms with Crippen molar-refractivity contribution in [2.24, 2.45) is 5.92 Å². The number of nitrogens with one attached hydrogen (secondary N) is 1. The van der Waals surface area contributed by atoms with Crippen LogP contribution in [0.3, 0.4) is 0 Å². The molecule has 4 aromatic rings. The minimum Gasteiger partial charge on any atom is -0.340 e. The molecule has 0 bridgehead atoms. The number of rotatable bonds is 6. The van der Waals surface area contributed by atoms with Gasteiger partial charge >= 0.3 is 0 Å². The molecule has 1 aliphatic rings. The molecule has 2 aromatic heterocycles. The molecule has 0 radical (unpaired) electrons. The second-order valence-corrected chi connectivity index (χ2v) is 9.18. The van der Waals surface area contributed by atoms with Gasteiger partial charge in [-0.15, -0.1) is 0 Å². The van der Waals surface area contributed by atoms with Crippen molar-refractivity contribution < 1.29 is 9.18 Å². The van der Waals surface area contributed by atoms with Crippen LogP contribution < -0.4 is 0 Å². The lowest BCUT2D eigenvalue weighted by atomic mass is 10.1. The molecule has 1 fully saturated rings. The Labute approximate surface area is 192 Å². The summed E-state index contributed by atoms with van der Waals surface area (Å²) in [6.45, 7) is 5.45. The quantitative estimate of drug-likeness (QED) is 0.466. The maximum Gasteiger partial charge on any atom is 0.223 e. The summed E-state index contributed by atoms with van der Waals surface area (Å²) in [7, 11) is 0. The van der Waals surface area contributed by atoms with Gasteiger partial charge in [0.2, 0.25) is 5.91 Å². The molecule has 1 saturated heterocycles. The Hall–Kier alpha value is -3.48. The molecule has 5 rings (SSSR count). The van der Waals surface area contributed by atoms with Gasteiger partial charge in [0.1, 0.15) is 5.82 Å². The Morgan fingerprint density at radius 1 is 1.18 bits per heavy atom. The Bertz CT molecular complexity index is 1280. The minimum atomic E-state index is -0.225. The number of benzene rings is 2. The second kappa shape index (κ2) is 8.81. The maximum absolute atomic E-state index is 14.1. The van der Waals surface area contributed by atoms with Crippen LogP contribution in [-0.2, 0) is 17.8 Å². The summed E-state index contributed by atoms with van der Waals surface area (Å²) in [4.78, 5) is 14.8. The average Bonchev–Trinajstić information content (AvgIpc) is 3.53. The van der Waals surface area contributed by atoms with Gasteiger partial charge in [-0.2, -0.15) is 10.2 Å². The molecule has 0 unspecified atom stereocenters. The summed E-state index contributed by atoms with van der Waals surface area (Å²) in [5.41, 5.74) is 4.74. The first kappa shape index (κ1) is 21.4. The van der Waals surface area contributed by atoms with Gasteiger partial charge in [-0.05, 0) is 67.5 Å². The fourth-order valence-corrected chi connectivity index (χ4v) is 4.93. The summed E-state index contributed by atoms with van der Waals surface area (Å²) >= 11 is 0. The van der Waals surface area contributed by atoms with Crippen LogP contribution in [0.4, 0.5) is 4.39 Å². The third-order valence-electron chi connectivity index (χ3n) is 6.70. The van der Waals surface area contributed by atoms with Gasteiger partial charge in [0, 0.05) is 42.7 Å². The number of nitrogens with zero attached hydrogens (tertiary/aromatic N) is 4. The van der Waals surface area contributed by atoms with Crippen molar-refractivity contribution in [3.8, 4) is 11.1 Å². The highest BCUT2D eigenvalue weighted by Crippen LogP contribution is 2.28. The minimum absolute atomic E-state index is 0.0973. The number of aromatic amines is 1. The van der Waals surface area contributed by atoms with E-state index in [1.807, 2.05) is 41.2 Å². The number of aryl methyl sites for hydroxylation is 2. The zero-order valence-electron chi connectivity index (χ0n) is 19.0. The highest BCUT2D eigenvalue weighted by molar-refractivity contribution is 5.84. The molecule has 6 nitrogen and oxygen atoms in total. The lowest BCUT2D eigenvalue weighted by Crippen LogP contribution is -2.34. The predicted molar refractivity (Wildman–Crippen MR) is 126 cm³/mol. The average molecular weight is 446 g/mol. The summed E-state index contributed by atoms with van der Waals surface area (Å²) in [5, 5.41) is 12.6. The number of H-pyrrole nitrogens is 1. The zero-order valence-corrected chi connectivity index (χ0v) is 19.0. The van der Waals surface area contributed by atoms with Crippen LogP contribution in [0.2, 0.25) is 0 Å². The van der Waals surface area contributed by atoms with Crippen LogP contribution in [0.5, 0.6) is 0 Å². The van der Waals surface area contributed by atoms with Crippen molar-refractivity contribution in [3.63, 3.8) is 0 Å². The lowest BCUT2D eigenvalue weighted by molar-refractivity contribution is -0.131. The number of likely N-dealkylation sites (tertiary alicyclic amines) is 1. The van der Waals surface area contributed by atoms with Crippen LogP contribution in [0.25, 0.3) is 22.0 Å². The van der Waals surface area contributed by atoms with E-state index < -0.39 is 0 Å². The molecule has 1 N–H and O–H groups in total. The van der Waals surface area contributed by atoms with E-state index in [9.17, 15) is 9.18 Å². The molecule has 170 valence electrons. The van der Waals surface area contributed by atoms with Crippen molar-refractivity contribution in [3.05, 3.63) is 71.9 Å². The van der Waals surface area contributed by atoms with Crippen LogP contribution in [0.15, 0.2) is 55.0 Å². The van der Waals surface area contributed by atoms with E-state index in [4.69, 9.17) is 0 Å². The van der Waals surface area contributed by atoms with Crippen molar-refractivity contribution in [2.75, 3.05) is 6.54 Å². The van der Waals surface area contributed by atoms with Gasteiger partial charge in [0.15, 0.2) is 0 Å². The standard InChI is InChI=1S/C26H28FN5O/c1-17-3-4-20(24(27)9-17)6-8-26(33)31-15-19(10-18(31)2)16-32-25-7-5-21(11-22(25)14-30-32)23-12-28-29-13-23/h3-5,7,9,11-14,18-19H,6,8,10,15-16H2,1-2H3,(H,28,29)/t18-,19-/m1/s1. The molecule has 33 heavy (non-hydrogen) atoms. The van der Waals surface area contributed by atoms with Crippen molar-refractivity contribution >= 4 is 16.8 Å². The highest BCUT2D eigenvalue weighted by Gasteiger charge is 2.32. The van der Waals surface area contributed by atoms with E-state index in [1.165, 1.54) is 6.07 Å². The maximum atomic E-state index is 14.1. The van der Waals surface area contributed by atoms with E-state index in [2.05, 4.69) is 40.4 Å². The molecule has 0 spiro atoms. The van der Waals surface area contributed by atoms with Gasteiger partial charge in [-0.3, -0.25) is 14.6 Å². The zero-order chi connectivity index (χ0) is 22.9. The number of amides is 1. The van der Waals surface area contributed by atoms with Gasteiger partial charge in [0.25, 0.3) is 0 Å². The van der Waals surface area contributed by atoms with Gasteiger partial charge in [0.05, 0.1) is 17.9 Å². The van der Waals surface area contributed by atoms with E-state index in [0.29, 0.717) is 30.9 Å². The molecule has 0 saturated carbocycles. The molecule has 7 heteroatoms. The van der Waals surface area contributed by atoms with Crippen LogP contribution in [0.1, 0.15) is 30.9 Å². The monoisotopic (exact) mass is 445 g/mol. The molecule has 3 heterocycles. The van der Waals surface area contributed by atoms with Gasteiger partial charge in [-0.1, -0.05) is 18.2 Å². The van der Waals surface area contributed by atoms with E-state index in [1.54, 1.807) is 6.07 Å². The largest absolute Gasteiger partial charge is 0.340 e. The fraction of sp³-hybridized carbons (Fsp3) is 0.346. The van der Waals surface area contributed by atoms with Crippen LogP contribution in [0, 0.1) is 18.7 Å². The first-order valence-electron chi connectivity index (χ1n) is 11.5. The number of fused-ring (bicyclic) bond motifs is 1. The summed E-state index contributed by atoms with van der Waals surface area (Å²) in [6.07, 6.45) is 7.30. The molecule has 2 aromatic carbocycles. The van der Waals surface area contributed by atoms with Crippen molar-refractivity contribution in [2.45, 2.75) is 45.7 Å². The highest BCUT2D eigenvalue weighted by atomic mass is 19.1. The molecular weight excluding hydrogens is 417 g/mol. The number of carbonyl (C=O) groups excluding carboxylic acids is 1. The number of halogens is 1. The topological polar surface area (TPSA) is 66.8 Å². The number of carbonyl (C=O) groups is 1. The van der Waals surface area contributed by atoms with E-state index in [0.717, 1.165) is 40.6 Å². The summed E-state index contributed by atoms with van der Waals surface area (Å²) in [5.74, 6) is 0.216. The normalized spacial score (nSPS) is 18.3. The molecule has 1 amide bonds. The van der Waals surface area contributed by atoms with Gasteiger partial charge in [-0.25, -0.2) is 4.39 Å². The van der Waals surface area contributed by atoms with Crippen molar-refractivity contribution in [1.82, 2.24) is 24.9 Å². The first-order valence-corrected chi connectivity index (χ1v) is 11.5.